The molecule has 0 spiro atoms. The van der Waals surface area contributed by atoms with E-state index in [1.165, 1.54) is 6.07 Å². The van der Waals surface area contributed by atoms with Crippen molar-refractivity contribution in [3.05, 3.63) is 75.1 Å². The number of carbonyl (C=O) groups excluding carboxylic acids is 1. The molecule has 0 aliphatic heterocycles. The molecular formula is C21H20ClNO4. The van der Waals surface area contributed by atoms with Crippen molar-refractivity contribution in [1.82, 2.24) is 5.32 Å². The second-order valence-electron chi connectivity index (χ2n) is 6.17. The van der Waals surface area contributed by atoms with E-state index in [9.17, 15) is 9.59 Å². The number of hydrogen-bond donors (Lipinski definition) is 1. The van der Waals surface area contributed by atoms with Gasteiger partial charge in [-0.1, -0.05) is 36.7 Å². The Bertz CT molecular complexity index is 1030. The molecule has 0 bridgehead atoms. The van der Waals surface area contributed by atoms with Crippen LogP contribution in [0.2, 0.25) is 5.02 Å². The third kappa shape index (κ3) is 4.49. The first-order chi connectivity index (χ1) is 13.0. The summed E-state index contributed by atoms with van der Waals surface area (Å²) in [6, 6.07) is 14.0. The van der Waals surface area contributed by atoms with Gasteiger partial charge in [-0.3, -0.25) is 4.79 Å². The fraction of sp³-hybridized carbons (Fsp3) is 0.238. The van der Waals surface area contributed by atoms with Gasteiger partial charge in [0.05, 0.1) is 0 Å². The molecule has 0 radical (unpaired) electrons. The van der Waals surface area contributed by atoms with Crippen LogP contribution in [0.4, 0.5) is 0 Å². The van der Waals surface area contributed by atoms with Gasteiger partial charge < -0.3 is 14.5 Å². The summed E-state index contributed by atoms with van der Waals surface area (Å²) in [6.07, 6.45) is 0.00870. The highest BCUT2D eigenvalue weighted by molar-refractivity contribution is 6.31. The van der Waals surface area contributed by atoms with Crippen LogP contribution >= 0.6 is 11.6 Å². The first-order valence-corrected chi connectivity index (χ1v) is 9.10. The Balaban J connectivity index is 1.69. The minimum Gasteiger partial charge on any atom is -0.481 e. The SMILES string of the molecule is CCc1cc(=O)oc2cc(OC(C)C(=O)NCc3ccccc3Cl)ccc12. The first kappa shape index (κ1) is 19.0. The highest BCUT2D eigenvalue weighted by atomic mass is 35.5. The van der Waals surface area contributed by atoms with Gasteiger partial charge in [-0.05, 0) is 42.7 Å². The summed E-state index contributed by atoms with van der Waals surface area (Å²) in [5.74, 6) is 0.193. The summed E-state index contributed by atoms with van der Waals surface area (Å²) < 4.78 is 11.0. The fourth-order valence-corrected chi connectivity index (χ4v) is 3.00. The van der Waals surface area contributed by atoms with E-state index in [2.05, 4.69) is 5.32 Å². The van der Waals surface area contributed by atoms with E-state index >= 15 is 0 Å². The normalized spacial score (nSPS) is 12.0. The zero-order valence-corrected chi connectivity index (χ0v) is 15.9. The Morgan fingerprint density at radius 2 is 1.96 bits per heavy atom. The minimum absolute atomic E-state index is 0.265. The van der Waals surface area contributed by atoms with Crippen LogP contribution in [0.3, 0.4) is 0 Å². The summed E-state index contributed by atoms with van der Waals surface area (Å²) in [5, 5.41) is 4.26. The zero-order chi connectivity index (χ0) is 19.4. The second-order valence-corrected chi connectivity index (χ2v) is 6.58. The molecule has 0 aliphatic carbocycles. The molecule has 0 saturated carbocycles. The van der Waals surface area contributed by atoms with Crippen LogP contribution in [0.25, 0.3) is 11.0 Å². The zero-order valence-electron chi connectivity index (χ0n) is 15.1. The van der Waals surface area contributed by atoms with Crippen molar-refractivity contribution in [2.24, 2.45) is 0 Å². The fourth-order valence-electron chi connectivity index (χ4n) is 2.80. The monoisotopic (exact) mass is 385 g/mol. The molecule has 1 amide bonds. The van der Waals surface area contributed by atoms with E-state index in [0.717, 1.165) is 22.9 Å². The molecule has 1 atom stereocenters. The molecule has 1 aromatic heterocycles. The van der Waals surface area contributed by atoms with Crippen molar-refractivity contribution in [1.29, 1.82) is 0 Å². The number of benzene rings is 2. The highest BCUT2D eigenvalue weighted by Gasteiger charge is 2.15. The molecule has 1 heterocycles. The van der Waals surface area contributed by atoms with E-state index in [-0.39, 0.29) is 5.91 Å². The largest absolute Gasteiger partial charge is 0.481 e. The second kappa shape index (κ2) is 8.27. The van der Waals surface area contributed by atoms with Gasteiger partial charge in [0.15, 0.2) is 6.10 Å². The number of fused-ring (bicyclic) bond motifs is 1. The minimum atomic E-state index is -0.717. The Kier molecular flexibility index (Phi) is 5.81. The lowest BCUT2D eigenvalue weighted by atomic mass is 10.1. The van der Waals surface area contributed by atoms with Crippen LogP contribution in [0.1, 0.15) is 25.0 Å². The predicted octanol–water partition coefficient (Wildman–Crippen LogP) is 4.09. The predicted molar refractivity (Wildman–Crippen MR) is 105 cm³/mol. The molecule has 0 aliphatic rings. The van der Waals surface area contributed by atoms with E-state index in [1.54, 1.807) is 25.1 Å². The maximum atomic E-state index is 12.3. The number of carbonyl (C=O) groups is 1. The molecule has 3 aromatic rings. The summed E-state index contributed by atoms with van der Waals surface area (Å²) in [4.78, 5) is 24.0. The van der Waals surface area contributed by atoms with Gasteiger partial charge in [-0.25, -0.2) is 4.79 Å². The quantitative estimate of drug-likeness (QED) is 0.649. The van der Waals surface area contributed by atoms with Gasteiger partial charge in [0.1, 0.15) is 11.3 Å². The van der Waals surface area contributed by atoms with E-state index in [1.807, 2.05) is 31.2 Å². The van der Waals surface area contributed by atoms with Crippen LogP contribution in [0.15, 0.2) is 57.7 Å². The van der Waals surface area contributed by atoms with Crippen molar-refractivity contribution in [2.75, 3.05) is 0 Å². The van der Waals surface area contributed by atoms with Crippen LogP contribution in [0.5, 0.6) is 5.75 Å². The number of amides is 1. The number of ether oxygens (including phenoxy) is 1. The molecule has 2 aromatic carbocycles. The van der Waals surface area contributed by atoms with Crippen LogP contribution in [0, 0.1) is 0 Å². The van der Waals surface area contributed by atoms with Crippen LogP contribution in [-0.2, 0) is 17.8 Å². The lowest BCUT2D eigenvalue weighted by molar-refractivity contribution is -0.127. The first-order valence-electron chi connectivity index (χ1n) is 8.72. The molecule has 27 heavy (non-hydrogen) atoms. The van der Waals surface area contributed by atoms with Gasteiger partial charge in [-0.2, -0.15) is 0 Å². The maximum absolute atomic E-state index is 12.3. The summed E-state index contributed by atoms with van der Waals surface area (Å²) in [5.41, 5.74) is 1.79. The van der Waals surface area contributed by atoms with Gasteiger partial charge in [0.2, 0.25) is 0 Å². The third-order valence-corrected chi connectivity index (χ3v) is 4.64. The molecule has 5 nitrogen and oxygen atoms in total. The lowest BCUT2D eigenvalue weighted by Gasteiger charge is -2.15. The summed E-state index contributed by atoms with van der Waals surface area (Å²) in [7, 11) is 0. The number of rotatable bonds is 6. The molecule has 1 unspecified atom stereocenters. The van der Waals surface area contributed by atoms with Crippen LogP contribution in [-0.4, -0.2) is 12.0 Å². The molecular weight excluding hydrogens is 366 g/mol. The van der Waals surface area contributed by atoms with E-state index < -0.39 is 11.7 Å². The van der Waals surface area contributed by atoms with Gasteiger partial charge in [-0.15, -0.1) is 0 Å². The smallest absolute Gasteiger partial charge is 0.336 e. The summed E-state index contributed by atoms with van der Waals surface area (Å²) in [6.45, 7) is 3.95. The molecule has 3 rings (SSSR count). The van der Waals surface area contributed by atoms with Crippen molar-refractivity contribution < 1.29 is 13.9 Å². The molecule has 6 heteroatoms. The van der Waals surface area contributed by atoms with Gasteiger partial charge in [0.25, 0.3) is 5.91 Å². The Morgan fingerprint density at radius 1 is 1.19 bits per heavy atom. The Labute approximate surface area is 161 Å². The topological polar surface area (TPSA) is 68.5 Å². The summed E-state index contributed by atoms with van der Waals surface area (Å²) >= 11 is 6.09. The number of hydrogen-bond acceptors (Lipinski definition) is 4. The lowest BCUT2D eigenvalue weighted by Crippen LogP contribution is -2.35. The van der Waals surface area contributed by atoms with Crippen molar-refractivity contribution in [3.8, 4) is 5.75 Å². The molecule has 0 saturated heterocycles. The Morgan fingerprint density at radius 3 is 2.70 bits per heavy atom. The van der Waals surface area contributed by atoms with Gasteiger partial charge >= 0.3 is 5.63 Å². The van der Waals surface area contributed by atoms with Gasteiger partial charge in [0, 0.05) is 29.1 Å². The van der Waals surface area contributed by atoms with E-state index in [4.69, 9.17) is 20.8 Å². The van der Waals surface area contributed by atoms with Crippen molar-refractivity contribution in [2.45, 2.75) is 32.9 Å². The molecule has 1 N–H and O–H groups in total. The van der Waals surface area contributed by atoms with Crippen molar-refractivity contribution in [3.63, 3.8) is 0 Å². The van der Waals surface area contributed by atoms with Crippen LogP contribution < -0.4 is 15.7 Å². The number of nitrogens with one attached hydrogen (secondary N) is 1. The van der Waals surface area contributed by atoms with Crippen molar-refractivity contribution >= 4 is 28.5 Å². The highest BCUT2D eigenvalue weighted by Crippen LogP contribution is 2.24. The number of aryl methyl sites for hydroxylation is 1. The average Bonchev–Trinajstić information content (AvgIpc) is 2.66. The third-order valence-electron chi connectivity index (χ3n) is 4.28. The maximum Gasteiger partial charge on any atom is 0.336 e. The Hall–Kier alpha value is -2.79. The van der Waals surface area contributed by atoms with E-state index in [0.29, 0.717) is 22.9 Å². The standard InChI is InChI=1S/C21H20ClNO4/c1-3-14-10-20(24)27-19-11-16(8-9-17(14)19)26-13(2)21(25)23-12-15-6-4-5-7-18(15)22/h4-11,13H,3,12H2,1-2H3,(H,23,25). The number of halogens is 1. The molecule has 140 valence electrons. The molecule has 0 fully saturated rings. The average molecular weight is 386 g/mol.